The maximum absolute atomic E-state index is 13.1. The quantitative estimate of drug-likeness (QED) is 0.441. The van der Waals surface area contributed by atoms with Crippen molar-refractivity contribution >= 4 is 21.9 Å². The predicted molar refractivity (Wildman–Crippen MR) is 133 cm³/mol. The van der Waals surface area contributed by atoms with E-state index in [0.29, 0.717) is 26.1 Å². The first-order valence-corrected chi connectivity index (χ1v) is 13.6. The normalized spacial score (nSPS) is 17.1. The second-order valence-electron chi connectivity index (χ2n) is 9.08. The highest BCUT2D eigenvalue weighted by Crippen LogP contribution is 2.25. The Bertz CT molecular complexity index is 1200. The lowest BCUT2D eigenvalue weighted by Gasteiger charge is -2.28. The number of allylic oxidation sites excluding steroid dienone is 1. The third kappa shape index (κ3) is 6.18. The lowest BCUT2D eigenvalue weighted by Crippen LogP contribution is -2.36. The monoisotopic (exact) mass is 496 g/mol. The molecular weight excluding hydrogens is 464 g/mol. The number of sulfonamides is 1. The average Bonchev–Trinajstić information content (AvgIpc) is 2.89. The second-order valence-corrected chi connectivity index (χ2v) is 11.0. The molecule has 0 aromatic heterocycles. The van der Waals surface area contributed by atoms with Crippen LogP contribution < -0.4 is 5.32 Å². The van der Waals surface area contributed by atoms with Gasteiger partial charge in [-0.15, -0.1) is 0 Å². The number of benzene rings is 2. The molecule has 35 heavy (non-hydrogen) atoms. The van der Waals surface area contributed by atoms with Gasteiger partial charge in [0, 0.05) is 19.6 Å². The number of nitrogens with zero attached hydrogens (tertiary/aromatic N) is 1. The molecule has 1 heterocycles. The van der Waals surface area contributed by atoms with Crippen molar-refractivity contribution in [1.82, 2.24) is 9.62 Å². The van der Waals surface area contributed by atoms with Gasteiger partial charge in [-0.1, -0.05) is 35.9 Å². The van der Waals surface area contributed by atoms with Crippen LogP contribution in [-0.2, 0) is 32.5 Å². The molecule has 0 fully saturated rings. The number of fused-ring (bicyclic) bond motifs is 1. The highest BCUT2D eigenvalue weighted by Gasteiger charge is 2.28. The van der Waals surface area contributed by atoms with Gasteiger partial charge >= 0.3 is 5.97 Å². The van der Waals surface area contributed by atoms with Gasteiger partial charge in [-0.3, -0.25) is 4.79 Å². The van der Waals surface area contributed by atoms with E-state index in [1.165, 1.54) is 59.5 Å². The smallest absolute Gasteiger partial charge is 0.338 e. The summed E-state index contributed by atoms with van der Waals surface area (Å²) in [5.74, 6) is -1.02. The zero-order valence-electron chi connectivity index (χ0n) is 20.0. The average molecular weight is 497 g/mol. The molecule has 1 aliphatic heterocycles. The minimum absolute atomic E-state index is 0.122. The zero-order chi connectivity index (χ0) is 24.8. The van der Waals surface area contributed by atoms with E-state index in [9.17, 15) is 18.0 Å². The van der Waals surface area contributed by atoms with Crippen molar-refractivity contribution in [1.29, 1.82) is 0 Å². The van der Waals surface area contributed by atoms with Crippen molar-refractivity contribution in [2.45, 2.75) is 63.0 Å². The van der Waals surface area contributed by atoms with Crippen LogP contribution in [0.3, 0.4) is 0 Å². The fourth-order valence-corrected chi connectivity index (χ4v) is 5.91. The van der Waals surface area contributed by atoms with Crippen LogP contribution >= 0.6 is 0 Å². The van der Waals surface area contributed by atoms with Crippen molar-refractivity contribution in [2.24, 2.45) is 0 Å². The highest BCUT2D eigenvalue weighted by molar-refractivity contribution is 7.89. The first-order valence-electron chi connectivity index (χ1n) is 12.2. The van der Waals surface area contributed by atoms with Gasteiger partial charge in [-0.05, 0) is 80.8 Å². The van der Waals surface area contributed by atoms with E-state index in [0.717, 1.165) is 24.8 Å². The molecule has 0 bridgehead atoms. The van der Waals surface area contributed by atoms with E-state index in [2.05, 4.69) is 11.4 Å². The van der Waals surface area contributed by atoms with Crippen LogP contribution in [-0.4, -0.2) is 43.8 Å². The molecule has 186 valence electrons. The molecule has 2 aromatic rings. The molecule has 0 unspecified atom stereocenters. The molecule has 2 aliphatic rings. The number of nitrogens with one attached hydrogen (secondary N) is 1. The third-order valence-electron chi connectivity index (χ3n) is 6.61. The number of hydrogen-bond acceptors (Lipinski definition) is 5. The molecule has 1 atom stereocenters. The molecule has 1 N–H and O–H groups in total. The summed E-state index contributed by atoms with van der Waals surface area (Å²) in [6.07, 6.45) is 7.37. The van der Waals surface area contributed by atoms with E-state index >= 15 is 0 Å². The SMILES string of the molecule is C[C@@H](OC(=O)c1ccc(S(=O)(=O)N2CCc3ccccc3C2)cc1)C(=O)NCCC1=CCCCC1. The van der Waals surface area contributed by atoms with Crippen LogP contribution in [0, 0.1) is 0 Å². The van der Waals surface area contributed by atoms with Crippen LogP contribution in [0.4, 0.5) is 0 Å². The molecule has 8 heteroatoms. The fourth-order valence-electron chi connectivity index (χ4n) is 4.49. The highest BCUT2D eigenvalue weighted by atomic mass is 32.2. The molecule has 1 amide bonds. The summed E-state index contributed by atoms with van der Waals surface area (Å²) in [5.41, 5.74) is 3.73. The van der Waals surface area contributed by atoms with Gasteiger partial charge < -0.3 is 10.1 Å². The number of rotatable bonds is 8. The molecular formula is C27H32N2O5S. The van der Waals surface area contributed by atoms with Gasteiger partial charge in [-0.25, -0.2) is 13.2 Å². The maximum Gasteiger partial charge on any atom is 0.338 e. The van der Waals surface area contributed by atoms with Gasteiger partial charge in [0.1, 0.15) is 0 Å². The molecule has 1 aliphatic carbocycles. The molecule has 4 rings (SSSR count). The maximum atomic E-state index is 13.1. The number of carbonyl (C=O) groups is 2. The number of amides is 1. The molecule has 0 saturated carbocycles. The minimum Gasteiger partial charge on any atom is -0.449 e. The zero-order valence-corrected chi connectivity index (χ0v) is 20.9. The molecule has 0 radical (unpaired) electrons. The van der Waals surface area contributed by atoms with Crippen molar-refractivity contribution in [3.63, 3.8) is 0 Å². The Kier molecular flexibility index (Phi) is 8.03. The number of esters is 1. The summed E-state index contributed by atoms with van der Waals surface area (Å²) in [4.78, 5) is 24.9. The van der Waals surface area contributed by atoms with Gasteiger partial charge in [0.2, 0.25) is 10.0 Å². The van der Waals surface area contributed by atoms with Crippen LogP contribution in [0.25, 0.3) is 0 Å². The topological polar surface area (TPSA) is 92.8 Å². The van der Waals surface area contributed by atoms with Gasteiger partial charge in [0.05, 0.1) is 10.5 Å². The first kappa shape index (κ1) is 25.1. The number of carbonyl (C=O) groups excluding carboxylic acids is 2. The molecule has 7 nitrogen and oxygen atoms in total. The van der Waals surface area contributed by atoms with Crippen molar-refractivity contribution in [2.75, 3.05) is 13.1 Å². The van der Waals surface area contributed by atoms with Gasteiger partial charge in [0.15, 0.2) is 6.10 Å². The minimum atomic E-state index is -3.69. The standard InChI is InChI=1S/C27H32N2O5S/c1-20(26(30)28-17-15-21-7-3-2-4-8-21)34-27(31)23-11-13-25(14-12-23)35(32,33)29-18-16-22-9-5-6-10-24(22)19-29/h5-7,9-14,20H,2-4,8,15-19H2,1H3,(H,28,30)/t20-/m1/s1. The van der Waals surface area contributed by atoms with Crippen molar-refractivity contribution < 1.29 is 22.7 Å². The van der Waals surface area contributed by atoms with Crippen LogP contribution in [0.5, 0.6) is 0 Å². The predicted octanol–water partition coefficient (Wildman–Crippen LogP) is 3.99. The van der Waals surface area contributed by atoms with E-state index in [4.69, 9.17) is 4.74 Å². The van der Waals surface area contributed by atoms with E-state index in [-0.39, 0.29) is 16.4 Å². The molecule has 0 saturated heterocycles. The Morgan fingerprint density at radius 1 is 1.03 bits per heavy atom. The Morgan fingerprint density at radius 2 is 1.77 bits per heavy atom. The summed E-state index contributed by atoms with van der Waals surface area (Å²) < 4.78 is 33.0. The Hall–Kier alpha value is -2.97. The van der Waals surface area contributed by atoms with E-state index in [1.807, 2.05) is 24.3 Å². The van der Waals surface area contributed by atoms with Gasteiger partial charge in [0.25, 0.3) is 5.91 Å². The van der Waals surface area contributed by atoms with Crippen molar-refractivity contribution in [3.8, 4) is 0 Å². The molecule has 0 spiro atoms. The lowest BCUT2D eigenvalue weighted by molar-refractivity contribution is -0.129. The van der Waals surface area contributed by atoms with E-state index in [1.54, 1.807) is 0 Å². The first-order chi connectivity index (χ1) is 16.8. The summed E-state index contributed by atoms with van der Waals surface area (Å²) in [6.45, 7) is 2.78. The van der Waals surface area contributed by atoms with Gasteiger partial charge in [-0.2, -0.15) is 4.31 Å². The van der Waals surface area contributed by atoms with E-state index < -0.39 is 22.1 Å². The van der Waals surface area contributed by atoms with Crippen LogP contribution in [0.2, 0.25) is 0 Å². The summed E-state index contributed by atoms with van der Waals surface area (Å²) in [7, 11) is -3.69. The lowest BCUT2D eigenvalue weighted by atomic mass is 9.97. The van der Waals surface area contributed by atoms with Crippen LogP contribution in [0.1, 0.15) is 60.5 Å². The Balaban J connectivity index is 1.31. The van der Waals surface area contributed by atoms with Crippen LogP contribution in [0.15, 0.2) is 65.1 Å². The summed E-state index contributed by atoms with van der Waals surface area (Å²) >= 11 is 0. The summed E-state index contributed by atoms with van der Waals surface area (Å²) in [5, 5.41) is 2.82. The Labute approximate surface area is 207 Å². The number of ether oxygens (including phenoxy) is 1. The fraction of sp³-hybridized carbons (Fsp3) is 0.407. The Morgan fingerprint density at radius 3 is 2.49 bits per heavy atom. The largest absolute Gasteiger partial charge is 0.449 e. The second kappa shape index (κ2) is 11.2. The number of hydrogen-bond donors (Lipinski definition) is 1. The summed E-state index contributed by atoms with van der Waals surface area (Å²) in [6, 6.07) is 13.5. The molecule has 2 aromatic carbocycles. The third-order valence-corrected chi connectivity index (χ3v) is 8.47. The van der Waals surface area contributed by atoms with Crippen molar-refractivity contribution in [3.05, 3.63) is 76.9 Å².